The first kappa shape index (κ1) is 27.9. The van der Waals surface area contributed by atoms with Gasteiger partial charge >= 0.3 is 0 Å². The molecule has 4 aromatic rings. The zero-order valence-corrected chi connectivity index (χ0v) is 24.9. The molecule has 4 rings (SSSR count). The van der Waals surface area contributed by atoms with E-state index in [-0.39, 0.29) is 15.7 Å². The number of benzene rings is 3. The van der Waals surface area contributed by atoms with Crippen molar-refractivity contribution in [1.29, 1.82) is 0 Å². The molecular weight excluding hydrogens is 518 g/mol. The number of para-hydroxylation sites is 1. The molecule has 0 aliphatic rings. The Labute approximate surface area is 225 Å². The molecule has 0 saturated carbocycles. The van der Waals surface area contributed by atoms with Gasteiger partial charge in [-0.2, -0.15) is 0 Å². The summed E-state index contributed by atoms with van der Waals surface area (Å²) in [6, 6.07) is 15.8. The first-order valence-electron chi connectivity index (χ1n) is 12.3. The molecule has 0 saturated heterocycles. The van der Waals surface area contributed by atoms with Gasteiger partial charge in [0.15, 0.2) is 21.5 Å². The summed E-state index contributed by atoms with van der Waals surface area (Å²) >= 11 is 0. The number of rotatable bonds is 7. The molecule has 3 aromatic carbocycles. The number of nitrogens with zero attached hydrogens (tertiary/aromatic N) is 1. The van der Waals surface area contributed by atoms with E-state index in [9.17, 15) is 13.2 Å². The first-order valence-corrected chi connectivity index (χ1v) is 16.6. The van der Waals surface area contributed by atoms with Crippen molar-refractivity contribution in [3.63, 3.8) is 0 Å². The second kappa shape index (κ2) is 10.2. The quantitative estimate of drug-likeness (QED) is 0.216. The van der Waals surface area contributed by atoms with Crippen LogP contribution in [0.1, 0.15) is 38.1 Å². The molecule has 1 unspecified atom stereocenters. The number of sulfone groups is 1. The third kappa shape index (κ3) is 5.10. The van der Waals surface area contributed by atoms with Crippen LogP contribution in [0.5, 0.6) is 11.5 Å². The van der Waals surface area contributed by atoms with E-state index in [4.69, 9.17) is 13.9 Å². The molecule has 0 N–H and O–H groups in total. The summed E-state index contributed by atoms with van der Waals surface area (Å²) in [7, 11) is -1.56. The minimum atomic E-state index is -3.52. The Bertz CT molecular complexity index is 1660. The van der Waals surface area contributed by atoms with Gasteiger partial charge in [0.1, 0.15) is 11.5 Å². The SMILES string of the molecule is COc1cc(C(O[Si](C)C)n2c3ccccc3c(=O)c3ccc(S(C)(=O)=O)cc32)cc(OC)c1C(C)(C)C. The zero-order valence-electron chi connectivity index (χ0n) is 23.1. The number of ether oxygens (including phenoxy) is 2. The molecule has 7 nitrogen and oxygen atoms in total. The van der Waals surface area contributed by atoms with Crippen molar-refractivity contribution in [1.82, 2.24) is 4.57 Å². The number of hydrogen-bond acceptors (Lipinski definition) is 6. The molecule has 1 heterocycles. The van der Waals surface area contributed by atoms with E-state index < -0.39 is 25.1 Å². The minimum absolute atomic E-state index is 0.129. The smallest absolute Gasteiger partial charge is 0.208 e. The van der Waals surface area contributed by atoms with E-state index in [0.717, 1.165) is 17.4 Å². The Hall–Kier alpha value is -3.14. The molecule has 38 heavy (non-hydrogen) atoms. The van der Waals surface area contributed by atoms with Crippen molar-refractivity contribution in [2.45, 2.75) is 50.4 Å². The molecule has 9 heteroatoms. The van der Waals surface area contributed by atoms with Crippen molar-refractivity contribution >= 4 is 40.7 Å². The molecule has 0 amide bonds. The van der Waals surface area contributed by atoms with Crippen LogP contribution in [0, 0.1) is 0 Å². The van der Waals surface area contributed by atoms with Gasteiger partial charge in [-0.25, -0.2) is 8.42 Å². The monoisotopic (exact) mass is 552 g/mol. The molecule has 201 valence electrons. The van der Waals surface area contributed by atoms with Crippen LogP contribution in [0.25, 0.3) is 21.8 Å². The summed E-state index contributed by atoms with van der Waals surface area (Å²) in [5, 5.41) is 0.933. The molecular formula is C29H34NO6SSi. The topological polar surface area (TPSA) is 83.8 Å². The Morgan fingerprint density at radius 2 is 1.45 bits per heavy atom. The Balaban J connectivity index is 2.18. The normalized spacial score (nSPS) is 13.3. The molecule has 0 bridgehead atoms. The van der Waals surface area contributed by atoms with Gasteiger partial charge in [0.2, 0.25) is 9.04 Å². The van der Waals surface area contributed by atoms with Gasteiger partial charge in [-0.05, 0) is 61.0 Å². The summed E-state index contributed by atoms with van der Waals surface area (Å²) in [6.45, 7) is 10.3. The maximum absolute atomic E-state index is 13.5. The highest BCUT2D eigenvalue weighted by molar-refractivity contribution is 7.90. The number of fused-ring (bicyclic) bond motifs is 2. The summed E-state index contributed by atoms with van der Waals surface area (Å²) in [4.78, 5) is 13.6. The van der Waals surface area contributed by atoms with Gasteiger partial charge in [-0.15, -0.1) is 0 Å². The lowest BCUT2D eigenvalue weighted by atomic mass is 9.84. The summed E-state index contributed by atoms with van der Waals surface area (Å²) in [5.41, 5.74) is 2.39. The average molecular weight is 553 g/mol. The van der Waals surface area contributed by atoms with E-state index in [1.54, 1.807) is 32.4 Å². The predicted molar refractivity (Wildman–Crippen MR) is 154 cm³/mol. The van der Waals surface area contributed by atoms with Crippen LogP contribution in [0.2, 0.25) is 13.1 Å². The lowest BCUT2D eigenvalue weighted by molar-refractivity contribution is 0.184. The van der Waals surface area contributed by atoms with Gasteiger partial charge in [0, 0.05) is 28.2 Å². The fourth-order valence-electron chi connectivity index (χ4n) is 4.84. The number of hydrogen-bond donors (Lipinski definition) is 0. The summed E-state index contributed by atoms with van der Waals surface area (Å²) < 4.78 is 45.2. The second-order valence-corrected chi connectivity index (χ2v) is 14.7. The zero-order chi connectivity index (χ0) is 28.0. The van der Waals surface area contributed by atoms with Crippen molar-refractivity contribution in [3.05, 3.63) is 75.9 Å². The molecule has 1 atom stereocenters. The van der Waals surface area contributed by atoms with E-state index in [1.807, 2.05) is 48.0 Å². The van der Waals surface area contributed by atoms with Crippen molar-refractivity contribution in [2.75, 3.05) is 20.5 Å². The van der Waals surface area contributed by atoms with Gasteiger partial charge in [-0.1, -0.05) is 32.9 Å². The van der Waals surface area contributed by atoms with Crippen LogP contribution < -0.4 is 14.9 Å². The number of pyridine rings is 1. The third-order valence-electron chi connectivity index (χ3n) is 6.45. The van der Waals surface area contributed by atoms with Crippen LogP contribution in [0.4, 0.5) is 0 Å². The highest BCUT2D eigenvalue weighted by Gasteiger charge is 2.29. The molecule has 0 spiro atoms. The van der Waals surface area contributed by atoms with Crippen molar-refractivity contribution < 1.29 is 22.3 Å². The molecule has 0 aliphatic carbocycles. The maximum atomic E-state index is 13.5. The number of methoxy groups -OCH3 is 2. The highest BCUT2D eigenvalue weighted by Crippen LogP contribution is 2.42. The molecule has 1 radical (unpaired) electrons. The molecule has 0 fully saturated rings. The van der Waals surface area contributed by atoms with Gasteiger partial charge < -0.3 is 18.5 Å². The van der Waals surface area contributed by atoms with E-state index in [0.29, 0.717) is 33.3 Å². The van der Waals surface area contributed by atoms with E-state index in [1.165, 1.54) is 6.07 Å². The fourth-order valence-corrected chi connectivity index (χ4v) is 6.17. The van der Waals surface area contributed by atoms with Crippen molar-refractivity contribution in [3.8, 4) is 11.5 Å². The average Bonchev–Trinajstić information content (AvgIpc) is 2.85. The van der Waals surface area contributed by atoms with Crippen LogP contribution >= 0.6 is 0 Å². The third-order valence-corrected chi connectivity index (χ3v) is 8.26. The standard InChI is InChI=1S/C29H34NO6SSi/c1-29(2,3)26-24(34-4)15-18(16-25(26)35-5)28(36-38(7)8)30-22-12-10-9-11-20(22)27(31)21-14-13-19(17-23(21)30)37(6,32)33/h9-17,28H,1-8H3. The van der Waals surface area contributed by atoms with E-state index in [2.05, 4.69) is 20.8 Å². The first-order chi connectivity index (χ1) is 17.8. The predicted octanol–water partition coefficient (Wildman–Crippen LogP) is 5.69. The van der Waals surface area contributed by atoms with Crippen LogP contribution in [-0.2, 0) is 19.7 Å². The van der Waals surface area contributed by atoms with Gasteiger partial charge in [0.05, 0.1) is 30.1 Å². The maximum Gasteiger partial charge on any atom is 0.208 e. The minimum Gasteiger partial charge on any atom is -0.496 e. The largest absolute Gasteiger partial charge is 0.496 e. The van der Waals surface area contributed by atoms with E-state index >= 15 is 0 Å². The Morgan fingerprint density at radius 3 is 1.97 bits per heavy atom. The molecule has 0 aliphatic heterocycles. The van der Waals surface area contributed by atoms with Gasteiger partial charge in [-0.3, -0.25) is 4.79 Å². The lowest BCUT2D eigenvalue weighted by Gasteiger charge is -2.30. The Morgan fingerprint density at radius 1 is 0.868 bits per heavy atom. The number of aromatic nitrogens is 1. The van der Waals surface area contributed by atoms with Crippen LogP contribution in [-0.4, -0.2) is 42.5 Å². The van der Waals surface area contributed by atoms with Crippen LogP contribution in [0.3, 0.4) is 0 Å². The second-order valence-electron chi connectivity index (χ2n) is 10.6. The Kier molecular flexibility index (Phi) is 7.48. The highest BCUT2D eigenvalue weighted by atomic mass is 32.2. The lowest BCUT2D eigenvalue weighted by Crippen LogP contribution is -2.24. The van der Waals surface area contributed by atoms with Gasteiger partial charge in [0.25, 0.3) is 0 Å². The van der Waals surface area contributed by atoms with Crippen LogP contribution in [0.15, 0.2) is 64.3 Å². The fraction of sp³-hybridized carbons (Fsp3) is 0.345. The van der Waals surface area contributed by atoms with Crippen molar-refractivity contribution in [2.24, 2.45) is 0 Å². The summed E-state index contributed by atoms with van der Waals surface area (Å²) in [6.07, 6.45) is 0.477. The molecule has 1 aromatic heterocycles. The summed E-state index contributed by atoms with van der Waals surface area (Å²) in [5.74, 6) is 1.32.